The van der Waals surface area contributed by atoms with Crippen molar-refractivity contribution in [1.82, 2.24) is 14.5 Å². The highest BCUT2D eigenvalue weighted by molar-refractivity contribution is 8.00. The monoisotopic (exact) mass is 404 g/mol. The van der Waals surface area contributed by atoms with Crippen LogP contribution < -0.4 is 10.9 Å². The van der Waals surface area contributed by atoms with Gasteiger partial charge in [-0.05, 0) is 38.1 Å². The standard InChI is InChI=1S/C22H20N4O2S/c1-13-12-19(15-8-4-6-10-17(15)23-13)24-20(27)14(2)29-22-25-18-11-7-5-9-16(18)21(28)26(22)3/h4-12,14H,1-3H3,(H,23,24,27). The van der Waals surface area contributed by atoms with E-state index < -0.39 is 5.25 Å². The number of rotatable bonds is 4. The zero-order valence-corrected chi connectivity index (χ0v) is 17.2. The molecule has 2 aromatic heterocycles. The molecule has 1 atom stereocenters. The molecule has 0 bridgehead atoms. The van der Waals surface area contributed by atoms with Crippen molar-refractivity contribution in [2.45, 2.75) is 24.3 Å². The summed E-state index contributed by atoms with van der Waals surface area (Å²) in [6.45, 7) is 3.70. The first-order valence-electron chi connectivity index (χ1n) is 9.24. The molecule has 0 aliphatic carbocycles. The van der Waals surface area contributed by atoms with Gasteiger partial charge in [-0.25, -0.2) is 4.98 Å². The maximum Gasteiger partial charge on any atom is 0.261 e. The fourth-order valence-electron chi connectivity index (χ4n) is 3.16. The third-order valence-electron chi connectivity index (χ3n) is 4.70. The molecule has 0 fully saturated rings. The predicted octanol–water partition coefficient (Wildman–Crippen LogP) is 3.91. The normalized spacial score (nSPS) is 12.2. The molecule has 2 aromatic carbocycles. The zero-order valence-electron chi connectivity index (χ0n) is 16.3. The van der Waals surface area contributed by atoms with Crippen LogP contribution in [0, 0.1) is 6.92 Å². The second-order valence-corrected chi connectivity index (χ2v) is 8.16. The lowest BCUT2D eigenvalue weighted by molar-refractivity contribution is -0.115. The number of para-hydroxylation sites is 2. The zero-order chi connectivity index (χ0) is 20.5. The van der Waals surface area contributed by atoms with E-state index in [0.717, 1.165) is 22.3 Å². The van der Waals surface area contributed by atoms with Crippen molar-refractivity contribution in [1.29, 1.82) is 0 Å². The molecule has 146 valence electrons. The van der Waals surface area contributed by atoms with Gasteiger partial charge in [0.25, 0.3) is 5.56 Å². The number of aryl methyl sites for hydroxylation is 1. The van der Waals surface area contributed by atoms with Gasteiger partial charge in [-0.15, -0.1) is 0 Å². The van der Waals surface area contributed by atoms with E-state index in [2.05, 4.69) is 15.3 Å². The third kappa shape index (κ3) is 3.73. The number of nitrogens with zero attached hydrogens (tertiary/aromatic N) is 3. The number of hydrogen-bond donors (Lipinski definition) is 1. The van der Waals surface area contributed by atoms with E-state index in [-0.39, 0.29) is 11.5 Å². The number of nitrogens with one attached hydrogen (secondary N) is 1. The Morgan fingerprint density at radius 2 is 1.66 bits per heavy atom. The summed E-state index contributed by atoms with van der Waals surface area (Å²) in [6, 6.07) is 16.8. The number of anilines is 1. The molecule has 1 unspecified atom stereocenters. The number of fused-ring (bicyclic) bond motifs is 2. The van der Waals surface area contributed by atoms with Crippen LogP contribution in [0.1, 0.15) is 12.6 Å². The summed E-state index contributed by atoms with van der Waals surface area (Å²) in [5.41, 5.74) is 2.90. The topological polar surface area (TPSA) is 76.9 Å². The highest BCUT2D eigenvalue weighted by Gasteiger charge is 2.19. The van der Waals surface area contributed by atoms with Crippen molar-refractivity contribution in [3.8, 4) is 0 Å². The van der Waals surface area contributed by atoms with Gasteiger partial charge in [0, 0.05) is 18.1 Å². The smallest absolute Gasteiger partial charge is 0.261 e. The first kappa shape index (κ1) is 19.1. The molecule has 0 aliphatic heterocycles. The Hall–Kier alpha value is -3.19. The van der Waals surface area contributed by atoms with E-state index in [1.807, 2.05) is 49.4 Å². The maximum absolute atomic E-state index is 12.9. The molecule has 7 heteroatoms. The molecule has 4 aromatic rings. The minimum absolute atomic E-state index is 0.124. The Bertz CT molecular complexity index is 1300. The van der Waals surface area contributed by atoms with Crippen LogP contribution in [-0.4, -0.2) is 25.7 Å². The minimum Gasteiger partial charge on any atom is -0.324 e. The molecule has 2 heterocycles. The number of carbonyl (C=O) groups is 1. The summed E-state index contributed by atoms with van der Waals surface area (Å²) < 4.78 is 1.49. The van der Waals surface area contributed by atoms with E-state index in [4.69, 9.17) is 0 Å². The van der Waals surface area contributed by atoms with Crippen LogP contribution in [0.25, 0.3) is 21.8 Å². The van der Waals surface area contributed by atoms with Crippen molar-refractivity contribution in [3.05, 3.63) is 70.6 Å². The predicted molar refractivity (Wildman–Crippen MR) is 117 cm³/mol. The van der Waals surface area contributed by atoms with Gasteiger partial charge in [-0.3, -0.25) is 19.1 Å². The first-order valence-corrected chi connectivity index (χ1v) is 10.1. The van der Waals surface area contributed by atoms with Crippen molar-refractivity contribution >= 4 is 45.2 Å². The van der Waals surface area contributed by atoms with Gasteiger partial charge in [0.2, 0.25) is 5.91 Å². The van der Waals surface area contributed by atoms with Crippen molar-refractivity contribution in [2.75, 3.05) is 5.32 Å². The molecular formula is C22H20N4O2S. The van der Waals surface area contributed by atoms with Gasteiger partial charge in [0.15, 0.2) is 5.16 Å². The number of aromatic nitrogens is 3. The summed E-state index contributed by atoms with van der Waals surface area (Å²) >= 11 is 1.26. The molecule has 29 heavy (non-hydrogen) atoms. The second-order valence-electron chi connectivity index (χ2n) is 6.85. The number of amides is 1. The van der Waals surface area contributed by atoms with Gasteiger partial charge < -0.3 is 5.32 Å². The second kappa shape index (κ2) is 7.67. The summed E-state index contributed by atoms with van der Waals surface area (Å²) in [5, 5.41) is 4.52. The number of carbonyl (C=O) groups excluding carboxylic acids is 1. The first-order chi connectivity index (χ1) is 13.9. The van der Waals surface area contributed by atoms with Gasteiger partial charge in [0.1, 0.15) is 0 Å². The molecule has 4 rings (SSSR count). The van der Waals surface area contributed by atoms with Gasteiger partial charge >= 0.3 is 0 Å². The third-order valence-corrected chi connectivity index (χ3v) is 5.84. The highest BCUT2D eigenvalue weighted by Crippen LogP contribution is 2.26. The van der Waals surface area contributed by atoms with Crippen LogP contribution in [0.5, 0.6) is 0 Å². The number of hydrogen-bond acceptors (Lipinski definition) is 5. The summed E-state index contributed by atoms with van der Waals surface area (Å²) in [7, 11) is 1.68. The summed E-state index contributed by atoms with van der Waals surface area (Å²) in [5.74, 6) is -0.159. The molecule has 6 nitrogen and oxygen atoms in total. The van der Waals surface area contributed by atoms with E-state index in [9.17, 15) is 9.59 Å². The lowest BCUT2D eigenvalue weighted by Gasteiger charge is -2.15. The lowest BCUT2D eigenvalue weighted by atomic mass is 10.1. The van der Waals surface area contributed by atoms with Crippen LogP contribution in [-0.2, 0) is 11.8 Å². The van der Waals surface area contributed by atoms with Gasteiger partial charge in [-0.1, -0.05) is 42.1 Å². The van der Waals surface area contributed by atoms with Crippen LogP contribution in [0.2, 0.25) is 0 Å². The molecular weight excluding hydrogens is 384 g/mol. The van der Waals surface area contributed by atoms with E-state index in [0.29, 0.717) is 16.1 Å². The molecule has 1 amide bonds. The average Bonchev–Trinajstić information content (AvgIpc) is 2.71. The summed E-state index contributed by atoms with van der Waals surface area (Å²) in [6.07, 6.45) is 0. The summed E-state index contributed by atoms with van der Waals surface area (Å²) in [4.78, 5) is 34.5. The number of thioether (sulfide) groups is 1. The van der Waals surface area contributed by atoms with Crippen LogP contribution in [0.4, 0.5) is 5.69 Å². The number of benzene rings is 2. The van der Waals surface area contributed by atoms with E-state index in [1.54, 1.807) is 26.1 Å². The molecule has 0 aliphatic rings. The van der Waals surface area contributed by atoms with Crippen LogP contribution >= 0.6 is 11.8 Å². The van der Waals surface area contributed by atoms with Crippen molar-refractivity contribution in [3.63, 3.8) is 0 Å². The quantitative estimate of drug-likeness (QED) is 0.412. The van der Waals surface area contributed by atoms with Crippen LogP contribution in [0.15, 0.2) is 64.5 Å². The van der Waals surface area contributed by atoms with Gasteiger partial charge in [0.05, 0.1) is 27.4 Å². The Morgan fingerprint density at radius 3 is 2.38 bits per heavy atom. The molecule has 0 spiro atoms. The molecule has 1 N–H and O–H groups in total. The molecule has 0 saturated carbocycles. The molecule has 0 saturated heterocycles. The Labute approximate surface area is 172 Å². The maximum atomic E-state index is 12.9. The fraction of sp³-hybridized carbons (Fsp3) is 0.182. The lowest BCUT2D eigenvalue weighted by Crippen LogP contribution is -2.25. The Morgan fingerprint density at radius 1 is 1.03 bits per heavy atom. The largest absolute Gasteiger partial charge is 0.324 e. The number of pyridine rings is 1. The molecule has 0 radical (unpaired) electrons. The van der Waals surface area contributed by atoms with E-state index >= 15 is 0 Å². The van der Waals surface area contributed by atoms with Crippen LogP contribution in [0.3, 0.4) is 0 Å². The Balaban J connectivity index is 1.61. The fourth-order valence-corrected chi connectivity index (χ4v) is 4.03. The highest BCUT2D eigenvalue weighted by atomic mass is 32.2. The SMILES string of the molecule is Cc1cc(NC(=O)C(C)Sc2nc3ccccc3c(=O)n2C)c2ccccc2n1. The minimum atomic E-state index is -0.443. The van der Waals surface area contributed by atoms with E-state index in [1.165, 1.54) is 16.3 Å². The van der Waals surface area contributed by atoms with Crippen molar-refractivity contribution < 1.29 is 4.79 Å². The Kier molecular flexibility index (Phi) is 5.07. The average molecular weight is 404 g/mol. The van der Waals surface area contributed by atoms with Crippen molar-refractivity contribution in [2.24, 2.45) is 7.05 Å². The van der Waals surface area contributed by atoms with Gasteiger partial charge in [-0.2, -0.15) is 0 Å².